The highest BCUT2D eigenvalue weighted by Crippen LogP contribution is 2.19. The van der Waals surface area contributed by atoms with Crippen molar-refractivity contribution >= 4 is 22.4 Å². The van der Waals surface area contributed by atoms with Gasteiger partial charge in [0.25, 0.3) is 0 Å². The number of anilines is 1. The van der Waals surface area contributed by atoms with Gasteiger partial charge in [-0.05, 0) is 35.2 Å². The molecule has 0 radical (unpaired) electrons. The summed E-state index contributed by atoms with van der Waals surface area (Å²) in [5, 5.41) is 14.5. The molecule has 2 aromatic carbocycles. The summed E-state index contributed by atoms with van der Waals surface area (Å²) in [7, 11) is 0. The molecule has 104 valence electrons. The highest BCUT2D eigenvalue weighted by atomic mass is 16.4. The number of fused-ring (bicyclic) bond motifs is 1. The number of hydrogen-bond acceptors (Lipinski definition) is 3. The summed E-state index contributed by atoms with van der Waals surface area (Å²) in [6.07, 6.45) is 3.61. The third-order valence-electron chi connectivity index (χ3n) is 3.36. The van der Waals surface area contributed by atoms with E-state index in [0.717, 1.165) is 22.0 Å². The van der Waals surface area contributed by atoms with E-state index in [4.69, 9.17) is 5.11 Å². The maximum absolute atomic E-state index is 11.0. The number of benzene rings is 2. The van der Waals surface area contributed by atoms with Crippen LogP contribution in [0.1, 0.15) is 15.9 Å². The Hall–Kier alpha value is -2.88. The van der Waals surface area contributed by atoms with E-state index in [1.165, 1.54) is 0 Å². The van der Waals surface area contributed by atoms with Crippen molar-refractivity contribution in [2.24, 2.45) is 0 Å². The summed E-state index contributed by atoms with van der Waals surface area (Å²) in [5.74, 6) is -0.921. The summed E-state index contributed by atoms with van der Waals surface area (Å²) < 4.78 is 0. The smallest absolute Gasteiger partial charge is 0.335 e. The number of rotatable bonds is 4. The molecule has 0 saturated carbocycles. The minimum absolute atomic E-state index is 0.280. The van der Waals surface area contributed by atoms with Crippen LogP contribution in [0, 0.1) is 0 Å². The van der Waals surface area contributed by atoms with Gasteiger partial charge >= 0.3 is 5.97 Å². The van der Waals surface area contributed by atoms with Crippen molar-refractivity contribution in [3.05, 3.63) is 72.1 Å². The number of carboxylic acids is 1. The van der Waals surface area contributed by atoms with E-state index in [2.05, 4.69) is 16.4 Å². The Balaban J connectivity index is 1.84. The molecule has 0 spiro atoms. The Labute approximate surface area is 122 Å². The molecule has 0 fully saturated rings. The molecule has 3 aromatic rings. The van der Waals surface area contributed by atoms with Crippen LogP contribution in [0.2, 0.25) is 0 Å². The Morgan fingerprint density at radius 1 is 1.14 bits per heavy atom. The van der Waals surface area contributed by atoms with Crippen LogP contribution in [0.5, 0.6) is 0 Å². The van der Waals surface area contributed by atoms with Gasteiger partial charge in [0, 0.05) is 30.0 Å². The van der Waals surface area contributed by atoms with E-state index in [-0.39, 0.29) is 5.56 Å². The van der Waals surface area contributed by atoms with E-state index in [9.17, 15) is 4.79 Å². The van der Waals surface area contributed by atoms with Gasteiger partial charge in [0.2, 0.25) is 0 Å². The second-order valence-electron chi connectivity index (χ2n) is 4.75. The van der Waals surface area contributed by atoms with Crippen molar-refractivity contribution in [3.8, 4) is 0 Å². The Morgan fingerprint density at radius 3 is 2.86 bits per heavy atom. The van der Waals surface area contributed by atoms with Crippen molar-refractivity contribution in [3.63, 3.8) is 0 Å². The molecule has 0 aliphatic carbocycles. The predicted molar refractivity (Wildman–Crippen MR) is 82.5 cm³/mol. The maximum atomic E-state index is 11.0. The highest BCUT2D eigenvalue weighted by molar-refractivity contribution is 5.89. The number of hydrogen-bond donors (Lipinski definition) is 2. The standard InChI is InChI=1S/C17H14N2O2/c20-17(21)12-3-2-6-15(9-12)19-11-14-5-1-4-13-10-18-8-7-16(13)14/h1-10,19H,11H2,(H,20,21). The topological polar surface area (TPSA) is 62.2 Å². The number of nitrogens with zero attached hydrogens (tertiary/aromatic N) is 1. The molecule has 2 N–H and O–H groups in total. The molecule has 0 bridgehead atoms. The van der Waals surface area contributed by atoms with E-state index in [0.29, 0.717) is 6.54 Å². The summed E-state index contributed by atoms with van der Waals surface area (Å²) in [6.45, 7) is 0.629. The summed E-state index contributed by atoms with van der Waals surface area (Å²) in [5.41, 5.74) is 2.22. The normalized spacial score (nSPS) is 10.5. The first-order valence-electron chi connectivity index (χ1n) is 6.63. The second-order valence-corrected chi connectivity index (χ2v) is 4.75. The van der Waals surface area contributed by atoms with Crippen LogP contribution in [0.3, 0.4) is 0 Å². The minimum atomic E-state index is -0.921. The monoisotopic (exact) mass is 278 g/mol. The van der Waals surface area contributed by atoms with Gasteiger partial charge in [-0.3, -0.25) is 4.98 Å². The molecule has 21 heavy (non-hydrogen) atoms. The largest absolute Gasteiger partial charge is 0.478 e. The number of aromatic nitrogens is 1. The first-order chi connectivity index (χ1) is 10.2. The Bertz CT molecular complexity index is 794. The zero-order valence-electron chi connectivity index (χ0n) is 11.3. The van der Waals surface area contributed by atoms with Crippen LogP contribution in [0.25, 0.3) is 10.8 Å². The van der Waals surface area contributed by atoms with Crippen molar-refractivity contribution in [1.82, 2.24) is 4.98 Å². The van der Waals surface area contributed by atoms with Gasteiger partial charge < -0.3 is 10.4 Å². The lowest BCUT2D eigenvalue weighted by atomic mass is 10.1. The summed E-state index contributed by atoms with van der Waals surface area (Å²) in [6, 6.07) is 14.9. The van der Waals surface area contributed by atoms with E-state index < -0.39 is 5.97 Å². The molecule has 0 amide bonds. The average molecular weight is 278 g/mol. The zero-order chi connectivity index (χ0) is 14.7. The highest BCUT2D eigenvalue weighted by Gasteiger charge is 2.04. The SMILES string of the molecule is O=C(O)c1cccc(NCc2cccc3cnccc23)c1. The van der Waals surface area contributed by atoms with Gasteiger partial charge in [0.1, 0.15) is 0 Å². The van der Waals surface area contributed by atoms with Crippen molar-refractivity contribution in [2.75, 3.05) is 5.32 Å². The number of nitrogens with one attached hydrogen (secondary N) is 1. The number of pyridine rings is 1. The third-order valence-corrected chi connectivity index (χ3v) is 3.36. The molecule has 4 nitrogen and oxygen atoms in total. The molecular formula is C17H14N2O2. The number of carboxylic acid groups (broad SMARTS) is 1. The molecule has 0 saturated heterocycles. The van der Waals surface area contributed by atoms with Crippen LogP contribution >= 0.6 is 0 Å². The molecule has 1 heterocycles. The third kappa shape index (κ3) is 2.84. The molecule has 0 atom stereocenters. The predicted octanol–water partition coefficient (Wildman–Crippen LogP) is 3.55. The summed E-state index contributed by atoms with van der Waals surface area (Å²) in [4.78, 5) is 15.1. The van der Waals surface area contributed by atoms with Crippen LogP contribution in [0.4, 0.5) is 5.69 Å². The fourth-order valence-electron chi connectivity index (χ4n) is 2.30. The van der Waals surface area contributed by atoms with E-state index in [1.54, 1.807) is 24.4 Å². The number of carbonyl (C=O) groups is 1. The quantitative estimate of drug-likeness (QED) is 0.766. The van der Waals surface area contributed by atoms with Crippen molar-refractivity contribution < 1.29 is 9.90 Å². The molecule has 0 aliphatic heterocycles. The second kappa shape index (κ2) is 5.63. The minimum Gasteiger partial charge on any atom is -0.478 e. The first-order valence-corrected chi connectivity index (χ1v) is 6.63. The molecule has 1 aromatic heterocycles. The van der Waals surface area contributed by atoms with Gasteiger partial charge in [-0.2, -0.15) is 0 Å². The molecule has 4 heteroatoms. The van der Waals surface area contributed by atoms with Crippen LogP contribution in [-0.4, -0.2) is 16.1 Å². The lowest BCUT2D eigenvalue weighted by Gasteiger charge is -2.09. The summed E-state index contributed by atoms with van der Waals surface area (Å²) >= 11 is 0. The Kier molecular flexibility index (Phi) is 3.51. The molecule has 0 unspecified atom stereocenters. The van der Waals surface area contributed by atoms with Gasteiger partial charge in [-0.25, -0.2) is 4.79 Å². The van der Waals surface area contributed by atoms with Gasteiger partial charge in [0.15, 0.2) is 0 Å². The van der Waals surface area contributed by atoms with Crippen LogP contribution in [-0.2, 0) is 6.54 Å². The first kappa shape index (κ1) is 13.1. The number of aromatic carboxylic acids is 1. The average Bonchev–Trinajstić information content (AvgIpc) is 2.53. The van der Waals surface area contributed by atoms with E-state index >= 15 is 0 Å². The molecule has 3 rings (SSSR count). The maximum Gasteiger partial charge on any atom is 0.335 e. The van der Waals surface area contributed by atoms with Gasteiger partial charge in [-0.1, -0.05) is 24.3 Å². The van der Waals surface area contributed by atoms with Crippen LogP contribution < -0.4 is 5.32 Å². The van der Waals surface area contributed by atoms with Crippen molar-refractivity contribution in [2.45, 2.75) is 6.54 Å². The van der Waals surface area contributed by atoms with Gasteiger partial charge in [0.05, 0.1) is 5.56 Å². The fraction of sp³-hybridized carbons (Fsp3) is 0.0588. The fourth-order valence-corrected chi connectivity index (χ4v) is 2.30. The lowest BCUT2D eigenvalue weighted by Crippen LogP contribution is -2.02. The van der Waals surface area contributed by atoms with Crippen molar-refractivity contribution in [1.29, 1.82) is 0 Å². The van der Waals surface area contributed by atoms with E-state index in [1.807, 2.05) is 30.5 Å². The molecule has 0 aliphatic rings. The molecular weight excluding hydrogens is 264 g/mol. The van der Waals surface area contributed by atoms with Gasteiger partial charge in [-0.15, -0.1) is 0 Å². The lowest BCUT2D eigenvalue weighted by molar-refractivity contribution is 0.0697. The zero-order valence-corrected chi connectivity index (χ0v) is 11.3. The Morgan fingerprint density at radius 2 is 2.00 bits per heavy atom. The van der Waals surface area contributed by atoms with Crippen LogP contribution in [0.15, 0.2) is 60.9 Å².